The van der Waals surface area contributed by atoms with Crippen LogP contribution in [0.25, 0.3) is 0 Å². The van der Waals surface area contributed by atoms with Crippen molar-refractivity contribution >= 4 is 0 Å². The lowest BCUT2D eigenvalue weighted by Gasteiger charge is -2.45. The van der Waals surface area contributed by atoms with Crippen LogP contribution in [0.15, 0.2) is 18.2 Å². The van der Waals surface area contributed by atoms with E-state index in [2.05, 4.69) is 27.7 Å². The van der Waals surface area contributed by atoms with Gasteiger partial charge < -0.3 is 0 Å². The molecule has 0 radical (unpaired) electrons. The zero-order valence-corrected chi connectivity index (χ0v) is 12.4. The lowest BCUT2D eigenvalue weighted by atomic mass is 9.60. The molecule has 0 amide bonds. The zero-order chi connectivity index (χ0) is 17.0. The summed E-state index contributed by atoms with van der Waals surface area (Å²) in [6, 6.07) is 5.57. The van der Waals surface area contributed by atoms with Gasteiger partial charge in [-0.1, -0.05) is 45.9 Å². The highest BCUT2D eigenvalue weighted by molar-refractivity contribution is 5.32. The van der Waals surface area contributed by atoms with Gasteiger partial charge in [-0.2, -0.15) is 0 Å². The largest absolute Gasteiger partial charge is 0.0599 e. The molecule has 0 N–H and O–H groups in total. The summed E-state index contributed by atoms with van der Waals surface area (Å²) < 4.78 is 32.2. The fourth-order valence-corrected chi connectivity index (χ4v) is 3.68. The normalized spacial score (nSPS) is 28.7. The molecule has 2 rings (SSSR count). The van der Waals surface area contributed by atoms with Gasteiger partial charge in [-0.05, 0) is 66.5 Å². The van der Waals surface area contributed by atoms with Crippen molar-refractivity contribution in [1.29, 1.82) is 0 Å². The summed E-state index contributed by atoms with van der Waals surface area (Å²) in [6.45, 7) is 8.59. The first-order valence-corrected chi connectivity index (χ1v) is 6.86. The summed E-state index contributed by atoms with van der Waals surface area (Å²) in [6.07, 6.45) is 2.64. The van der Waals surface area contributed by atoms with Gasteiger partial charge in [0, 0.05) is 5.48 Å². The number of hydrogen-bond acceptors (Lipinski definition) is 0. The van der Waals surface area contributed by atoms with E-state index in [1.807, 2.05) is 19.1 Å². The molecule has 100 valence electrons. The Morgan fingerprint density at radius 1 is 1.11 bits per heavy atom. The number of aryl methyl sites for hydroxylation is 2. The molecular weight excluding hydrogens is 216 g/mol. The summed E-state index contributed by atoms with van der Waals surface area (Å²) in [5.41, 5.74) is 2.20. The van der Waals surface area contributed by atoms with Crippen molar-refractivity contribution in [3.8, 4) is 0 Å². The molecule has 0 nitrogen and oxygen atoms in total. The lowest BCUT2D eigenvalue weighted by molar-refractivity contribution is 0.0969. The maximum atomic E-state index is 9.06. The van der Waals surface area contributed by atoms with Gasteiger partial charge >= 0.3 is 0 Å². The third-order valence-corrected chi connectivity index (χ3v) is 3.99. The van der Waals surface area contributed by atoms with E-state index in [1.54, 1.807) is 6.07 Å². The van der Waals surface area contributed by atoms with Crippen molar-refractivity contribution < 1.29 is 5.48 Å². The van der Waals surface area contributed by atoms with Gasteiger partial charge in [0.2, 0.25) is 0 Å². The van der Waals surface area contributed by atoms with E-state index < -0.39 is 12.7 Å². The molecule has 0 aromatic heterocycles. The first-order valence-electron chi connectivity index (χ1n) is 8.86. The van der Waals surface area contributed by atoms with E-state index in [9.17, 15) is 0 Å². The average Bonchev–Trinajstić information content (AvgIpc) is 2.22. The Kier molecular flexibility index (Phi) is 2.24. The molecule has 1 aromatic carbocycles. The molecule has 1 fully saturated rings. The molecule has 0 saturated heterocycles. The summed E-state index contributed by atoms with van der Waals surface area (Å²) >= 11 is 0. The summed E-state index contributed by atoms with van der Waals surface area (Å²) in [7, 11) is 0. The fraction of sp³-hybridized carbons (Fsp3) is 0.667. The molecule has 0 atom stereocenters. The van der Waals surface area contributed by atoms with Crippen LogP contribution in [-0.2, 0) is 0 Å². The third-order valence-electron chi connectivity index (χ3n) is 3.99. The summed E-state index contributed by atoms with van der Waals surface area (Å²) in [4.78, 5) is 0. The van der Waals surface area contributed by atoms with E-state index in [1.165, 1.54) is 0 Å². The SMILES string of the molecule is [2H]C([2H])([2H])c1cc(C2([2H])CC(C)(C)CC(C)(C)C2)ccc1C. The fourth-order valence-electron chi connectivity index (χ4n) is 3.68. The molecule has 0 aliphatic heterocycles. The maximum Gasteiger partial charge on any atom is 0.0353 e. The number of hydrogen-bond donors (Lipinski definition) is 0. The highest BCUT2D eigenvalue weighted by Gasteiger charge is 2.38. The smallest absolute Gasteiger partial charge is 0.0353 e. The minimum Gasteiger partial charge on any atom is -0.0599 e. The maximum absolute atomic E-state index is 9.06. The van der Waals surface area contributed by atoms with Crippen molar-refractivity contribution in [2.45, 2.75) is 66.6 Å². The van der Waals surface area contributed by atoms with Crippen LogP contribution in [0.5, 0.6) is 0 Å². The van der Waals surface area contributed by atoms with Crippen LogP contribution < -0.4 is 0 Å². The highest BCUT2D eigenvalue weighted by Crippen LogP contribution is 2.51. The first-order chi connectivity index (χ1) is 9.74. The van der Waals surface area contributed by atoms with E-state index in [-0.39, 0.29) is 10.8 Å². The van der Waals surface area contributed by atoms with Gasteiger partial charge in [0.05, 0.1) is 0 Å². The monoisotopic (exact) mass is 248 g/mol. The minimum absolute atomic E-state index is 0.0918. The van der Waals surface area contributed by atoms with Gasteiger partial charge in [0.25, 0.3) is 0 Å². The number of rotatable bonds is 1. The Balaban J connectivity index is 2.50. The predicted octanol–water partition coefficient (Wildman–Crippen LogP) is 5.62. The van der Waals surface area contributed by atoms with E-state index in [0.29, 0.717) is 5.56 Å². The Morgan fingerprint density at radius 3 is 2.28 bits per heavy atom. The van der Waals surface area contributed by atoms with Crippen LogP contribution in [0.1, 0.15) is 75.0 Å². The van der Waals surface area contributed by atoms with E-state index in [4.69, 9.17) is 5.48 Å². The van der Waals surface area contributed by atoms with Crippen molar-refractivity contribution in [3.05, 3.63) is 34.9 Å². The zero-order valence-electron chi connectivity index (χ0n) is 16.4. The van der Waals surface area contributed by atoms with Gasteiger partial charge in [0.15, 0.2) is 0 Å². The first kappa shape index (κ1) is 9.18. The van der Waals surface area contributed by atoms with Crippen molar-refractivity contribution in [3.63, 3.8) is 0 Å². The van der Waals surface area contributed by atoms with Crippen LogP contribution in [0, 0.1) is 24.6 Å². The third kappa shape index (κ3) is 2.96. The van der Waals surface area contributed by atoms with Crippen LogP contribution in [0.4, 0.5) is 0 Å². The van der Waals surface area contributed by atoms with Crippen molar-refractivity contribution in [2.24, 2.45) is 10.8 Å². The predicted molar refractivity (Wildman–Crippen MR) is 80.1 cm³/mol. The molecule has 0 heterocycles. The number of benzene rings is 1. The molecule has 0 bridgehead atoms. The molecule has 1 saturated carbocycles. The quantitative estimate of drug-likeness (QED) is 0.605. The van der Waals surface area contributed by atoms with E-state index >= 15 is 0 Å². The Bertz CT molecular complexity index is 551. The lowest BCUT2D eigenvalue weighted by Crippen LogP contribution is -2.32. The molecule has 0 heteroatoms. The summed E-state index contributed by atoms with van der Waals surface area (Å²) in [5, 5.41) is 0. The Labute approximate surface area is 118 Å². The molecule has 1 aliphatic carbocycles. The molecular formula is C18H28. The van der Waals surface area contributed by atoms with Gasteiger partial charge in [0.1, 0.15) is 0 Å². The van der Waals surface area contributed by atoms with Crippen LogP contribution >= 0.6 is 0 Å². The standard InChI is InChI=1S/C18H28/c1-13-7-8-15(9-14(13)2)16-10-17(3,4)12-18(5,6)11-16/h7-9,16H,10-12H2,1-6H3/i2D3,16D. The summed E-state index contributed by atoms with van der Waals surface area (Å²) in [5.74, 6) is -0.709. The molecule has 18 heavy (non-hydrogen) atoms. The minimum atomic E-state index is -2.11. The van der Waals surface area contributed by atoms with Gasteiger partial charge in [-0.25, -0.2) is 0 Å². The second-order valence-electron chi connectivity index (χ2n) is 7.49. The Hall–Kier alpha value is -0.780. The van der Waals surface area contributed by atoms with Crippen LogP contribution in [0.2, 0.25) is 0 Å². The second kappa shape index (κ2) is 4.40. The van der Waals surface area contributed by atoms with Crippen LogP contribution in [-0.4, -0.2) is 0 Å². The molecule has 0 spiro atoms. The second-order valence-corrected chi connectivity index (χ2v) is 7.49. The van der Waals surface area contributed by atoms with Crippen molar-refractivity contribution in [2.75, 3.05) is 0 Å². The van der Waals surface area contributed by atoms with Gasteiger partial charge in [-0.3, -0.25) is 0 Å². The highest BCUT2D eigenvalue weighted by atomic mass is 14.4. The molecule has 1 aliphatic rings. The Morgan fingerprint density at radius 2 is 1.72 bits per heavy atom. The van der Waals surface area contributed by atoms with Crippen molar-refractivity contribution in [1.82, 2.24) is 0 Å². The average molecular weight is 248 g/mol. The molecule has 1 aromatic rings. The molecule has 0 unspecified atom stereocenters. The van der Waals surface area contributed by atoms with E-state index in [0.717, 1.165) is 30.4 Å². The van der Waals surface area contributed by atoms with Gasteiger partial charge in [-0.15, -0.1) is 0 Å². The topological polar surface area (TPSA) is 0 Å². The van der Waals surface area contributed by atoms with Crippen LogP contribution in [0.3, 0.4) is 0 Å².